The summed E-state index contributed by atoms with van der Waals surface area (Å²) in [5.74, 6) is 1.15. The van der Waals surface area contributed by atoms with Crippen molar-refractivity contribution in [1.82, 2.24) is 4.31 Å². The fourth-order valence-electron chi connectivity index (χ4n) is 3.51. The second kappa shape index (κ2) is 5.42. The molecule has 0 radical (unpaired) electrons. The predicted molar refractivity (Wildman–Crippen MR) is 81.5 cm³/mol. The van der Waals surface area contributed by atoms with E-state index in [9.17, 15) is 8.42 Å². The Morgan fingerprint density at radius 3 is 2.32 bits per heavy atom. The van der Waals surface area contributed by atoms with E-state index in [0.29, 0.717) is 16.4 Å². The van der Waals surface area contributed by atoms with Gasteiger partial charge in [0.1, 0.15) is 0 Å². The van der Waals surface area contributed by atoms with Crippen molar-refractivity contribution in [3.05, 3.63) is 18.2 Å². The molecule has 1 heterocycles. The van der Waals surface area contributed by atoms with Crippen LogP contribution in [-0.2, 0) is 10.0 Å². The molecule has 0 bridgehead atoms. The molecule has 1 aromatic rings. The van der Waals surface area contributed by atoms with Crippen LogP contribution in [0.5, 0.6) is 11.5 Å². The van der Waals surface area contributed by atoms with Crippen LogP contribution in [0.15, 0.2) is 23.1 Å². The second-order valence-corrected chi connectivity index (χ2v) is 8.22. The lowest BCUT2D eigenvalue weighted by Crippen LogP contribution is -2.42. The monoisotopic (exact) mass is 323 g/mol. The van der Waals surface area contributed by atoms with E-state index in [1.807, 2.05) is 0 Å². The summed E-state index contributed by atoms with van der Waals surface area (Å²) in [5, 5.41) is 0. The standard InChI is InChI=1S/C16H21NO4S/c18-22(19,14-8-9-15-16(10-14)21-11-20-15)17(13-6-7-13)12-4-2-1-3-5-12/h8-10,12-13H,1-7,11H2. The van der Waals surface area contributed by atoms with Crippen LogP contribution in [0, 0.1) is 0 Å². The number of benzene rings is 1. The summed E-state index contributed by atoms with van der Waals surface area (Å²) in [7, 11) is -3.46. The highest BCUT2D eigenvalue weighted by Gasteiger charge is 2.43. The molecule has 0 spiro atoms. The van der Waals surface area contributed by atoms with Crippen molar-refractivity contribution in [2.75, 3.05) is 6.79 Å². The Morgan fingerprint density at radius 2 is 1.59 bits per heavy atom. The van der Waals surface area contributed by atoms with Crippen molar-refractivity contribution in [1.29, 1.82) is 0 Å². The van der Waals surface area contributed by atoms with Gasteiger partial charge in [-0.05, 0) is 37.8 Å². The molecule has 3 aliphatic rings. The third-order valence-electron chi connectivity index (χ3n) is 4.76. The van der Waals surface area contributed by atoms with E-state index in [0.717, 1.165) is 38.5 Å². The van der Waals surface area contributed by atoms with Gasteiger partial charge in [0.05, 0.1) is 4.90 Å². The highest BCUT2D eigenvalue weighted by molar-refractivity contribution is 7.89. The molecular formula is C16H21NO4S. The molecule has 4 rings (SSSR count). The van der Waals surface area contributed by atoms with Crippen LogP contribution in [0.2, 0.25) is 0 Å². The topological polar surface area (TPSA) is 55.8 Å². The lowest BCUT2D eigenvalue weighted by molar-refractivity contribution is 0.174. The zero-order valence-corrected chi connectivity index (χ0v) is 13.3. The molecule has 0 unspecified atom stereocenters. The van der Waals surface area contributed by atoms with Crippen molar-refractivity contribution in [3.63, 3.8) is 0 Å². The highest BCUT2D eigenvalue weighted by Crippen LogP contribution is 2.40. The highest BCUT2D eigenvalue weighted by atomic mass is 32.2. The molecule has 1 aromatic carbocycles. The van der Waals surface area contributed by atoms with Gasteiger partial charge in [0.25, 0.3) is 0 Å². The summed E-state index contributed by atoms with van der Waals surface area (Å²) in [6.45, 7) is 0.161. The van der Waals surface area contributed by atoms with Crippen molar-refractivity contribution < 1.29 is 17.9 Å². The Bertz CT molecular complexity index is 663. The quantitative estimate of drug-likeness (QED) is 0.855. The minimum absolute atomic E-state index is 0.161. The first-order valence-corrected chi connectivity index (χ1v) is 9.53. The van der Waals surface area contributed by atoms with Gasteiger partial charge in [0, 0.05) is 18.2 Å². The van der Waals surface area contributed by atoms with Gasteiger partial charge in [-0.3, -0.25) is 0 Å². The molecule has 0 atom stereocenters. The molecule has 2 fully saturated rings. The number of fused-ring (bicyclic) bond motifs is 1. The summed E-state index contributed by atoms with van der Waals surface area (Å²) in [4.78, 5) is 0.328. The molecule has 22 heavy (non-hydrogen) atoms. The minimum atomic E-state index is -3.46. The van der Waals surface area contributed by atoms with E-state index in [2.05, 4.69) is 0 Å². The smallest absolute Gasteiger partial charge is 0.243 e. The summed E-state index contributed by atoms with van der Waals surface area (Å²) in [6, 6.07) is 5.30. The maximum Gasteiger partial charge on any atom is 0.243 e. The molecule has 0 N–H and O–H groups in total. The zero-order chi connectivity index (χ0) is 15.2. The average molecular weight is 323 g/mol. The van der Waals surface area contributed by atoms with Crippen LogP contribution >= 0.6 is 0 Å². The number of hydrogen-bond donors (Lipinski definition) is 0. The fourth-order valence-corrected chi connectivity index (χ4v) is 5.46. The van der Waals surface area contributed by atoms with Gasteiger partial charge < -0.3 is 9.47 Å². The summed E-state index contributed by atoms with van der Waals surface area (Å²) in [5.41, 5.74) is 0. The maximum atomic E-state index is 13.1. The van der Waals surface area contributed by atoms with E-state index >= 15 is 0 Å². The van der Waals surface area contributed by atoms with Crippen LogP contribution < -0.4 is 9.47 Å². The predicted octanol–water partition coefficient (Wildman–Crippen LogP) is 2.90. The Labute approximate surface area is 131 Å². The Kier molecular flexibility index (Phi) is 3.53. The number of hydrogen-bond acceptors (Lipinski definition) is 4. The van der Waals surface area contributed by atoms with Crippen LogP contribution in [-0.4, -0.2) is 31.6 Å². The van der Waals surface area contributed by atoms with Crippen LogP contribution in [0.4, 0.5) is 0 Å². The number of rotatable bonds is 4. The van der Waals surface area contributed by atoms with E-state index in [-0.39, 0.29) is 18.9 Å². The first-order valence-electron chi connectivity index (χ1n) is 8.09. The van der Waals surface area contributed by atoms with Gasteiger partial charge in [-0.2, -0.15) is 4.31 Å². The molecular weight excluding hydrogens is 302 g/mol. The number of nitrogens with zero attached hydrogens (tertiary/aromatic N) is 1. The molecule has 120 valence electrons. The van der Waals surface area contributed by atoms with Crippen LogP contribution in [0.25, 0.3) is 0 Å². The third kappa shape index (κ3) is 2.48. The van der Waals surface area contributed by atoms with Crippen LogP contribution in [0.1, 0.15) is 44.9 Å². The SMILES string of the molecule is O=S(=O)(c1ccc2c(c1)OCO2)N(C1CCCCC1)C1CC1. The molecule has 2 saturated carbocycles. The van der Waals surface area contributed by atoms with Crippen LogP contribution in [0.3, 0.4) is 0 Å². The molecule has 6 heteroatoms. The summed E-state index contributed by atoms with van der Waals surface area (Å²) < 4.78 is 38.7. The lowest BCUT2D eigenvalue weighted by atomic mass is 9.95. The molecule has 0 amide bonds. The Balaban J connectivity index is 1.68. The van der Waals surface area contributed by atoms with E-state index < -0.39 is 10.0 Å². The second-order valence-electron chi connectivity index (χ2n) is 6.37. The number of sulfonamides is 1. The zero-order valence-electron chi connectivity index (χ0n) is 12.5. The summed E-state index contributed by atoms with van der Waals surface area (Å²) >= 11 is 0. The maximum absolute atomic E-state index is 13.1. The first kappa shape index (κ1) is 14.3. The van der Waals surface area contributed by atoms with Crippen molar-refractivity contribution in [2.24, 2.45) is 0 Å². The molecule has 0 saturated heterocycles. The Hall–Kier alpha value is -1.27. The Morgan fingerprint density at radius 1 is 0.909 bits per heavy atom. The number of ether oxygens (including phenoxy) is 2. The van der Waals surface area contributed by atoms with Gasteiger partial charge >= 0.3 is 0 Å². The van der Waals surface area contributed by atoms with Gasteiger partial charge in [0.2, 0.25) is 16.8 Å². The van der Waals surface area contributed by atoms with E-state index in [1.54, 1.807) is 22.5 Å². The van der Waals surface area contributed by atoms with Gasteiger partial charge in [-0.25, -0.2) is 8.42 Å². The largest absolute Gasteiger partial charge is 0.454 e. The average Bonchev–Trinajstić information content (AvgIpc) is 3.23. The van der Waals surface area contributed by atoms with E-state index in [1.165, 1.54) is 6.42 Å². The lowest BCUT2D eigenvalue weighted by Gasteiger charge is -2.33. The summed E-state index contributed by atoms with van der Waals surface area (Å²) in [6.07, 6.45) is 7.43. The molecule has 0 aromatic heterocycles. The molecule has 5 nitrogen and oxygen atoms in total. The fraction of sp³-hybridized carbons (Fsp3) is 0.625. The van der Waals surface area contributed by atoms with Gasteiger partial charge in [-0.1, -0.05) is 19.3 Å². The van der Waals surface area contributed by atoms with Crippen molar-refractivity contribution in [3.8, 4) is 11.5 Å². The molecule has 2 aliphatic carbocycles. The molecule has 1 aliphatic heterocycles. The van der Waals surface area contributed by atoms with Crippen molar-refractivity contribution >= 4 is 10.0 Å². The van der Waals surface area contributed by atoms with E-state index in [4.69, 9.17) is 9.47 Å². The van der Waals surface area contributed by atoms with Gasteiger partial charge in [0.15, 0.2) is 11.5 Å². The van der Waals surface area contributed by atoms with Crippen molar-refractivity contribution in [2.45, 2.75) is 61.9 Å². The minimum Gasteiger partial charge on any atom is -0.454 e. The first-order chi connectivity index (χ1) is 10.7. The normalized spacial score (nSPS) is 22.2. The van der Waals surface area contributed by atoms with Gasteiger partial charge in [-0.15, -0.1) is 0 Å². The third-order valence-corrected chi connectivity index (χ3v) is 6.76.